The van der Waals surface area contributed by atoms with Gasteiger partial charge in [0.05, 0.1) is 12.2 Å². The van der Waals surface area contributed by atoms with Crippen molar-refractivity contribution < 1.29 is 4.39 Å². The molecule has 0 atom stereocenters. The van der Waals surface area contributed by atoms with Crippen LogP contribution >= 0.6 is 15.9 Å². The first kappa shape index (κ1) is 10.1. The third kappa shape index (κ3) is 2.22. The van der Waals surface area contributed by atoms with Crippen LogP contribution in [0.5, 0.6) is 0 Å². The zero-order chi connectivity index (χ0) is 9.84. The van der Waals surface area contributed by atoms with Crippen LogP contribution in [0.1, 0.15) is 5.56 Å². The molecule has 13 heavy (non-hydrogen) atoms. The van der Waals surface area contributed by atoms with Gasteiger partial charge in [-0.1, -0.05) is 21.9 Å². The van der Waals surface area contributed by atoms with Gasteiger partial charge in [-0.2, -0.15) is 0 Å². The topological polar surface area (TPSA) is 12.0 Å². The van der Waals surface area contributed by atoms with E-state index in [0.717, 1.165) is 4.47 Å². The normalized spacial score (nSPS) is 9.38. The number of benzene rings is 1. The molecule has 0 aliphatic rings. The zero-order valence-electron chi connectivity index (χ0n) is 7.20. The fourth-order valence-corrected chi connectivity index (χ4v) is 1.25. The van der Waals surface area contributed by atoms with Gasteiger partial charge in [0.1, 0.15) is 5.82 Å². The summed E-state index contributed by atoms with van der Waals surface area (Å²) in [5.74, 6) is 2.13. The lowest BCUT2D eigenvalue weighted by molar-refractivity contribution is 0.620. The van der Waals surface area contributed by atoms with Crippen molar-refractivity contribution in [3.63, 3.8) is 0 Å². The summed E-state index contributed by atoms with van der Waals surface area (Å²) in [4.78, 5) is 0. The number of hydrogen-bond donors (Lipinski definition) is 1. The van der Waals surface area contributed by atoms with Crippen molar-refractivity contribution in [2.45, 2.75) is 6.92 Å². The number of rotatable bonds is 2. The number of hydrogen-bond acceptors (Lipinski definition) is 1. The summed E-state index contributed by atoms with van der Waals surface area (Å²) in [6.07, 6.45) is 5.05. The minimum atomic E-state index is -0.260. The smallest absolute Gasteiger partial charge is 0.150 e. The predicted molar refractivity (Wildman–Crippen MR) is 56.2 cm³/mol. The van der Waals surface area contributed by atoms with Gasteiger partial charge in [-0.3, -0.25) is 0 Å². The Kier molecular flexibility index (Phi) is 3.32. The van der Waals surface area contributed by atoms with Crippen LogP contribution in [-0.4, -0.2) is 6.54 Å². The molecule has 1 rings (SSSR count). The van der Waals surface area contributed by atoms with Gasteiger partial charge >= 0.3 is 0 Å². The van der Waals surface area contributed by atoms with Gasteiger partial charge in [0.15, 0.2) is 0 Å². The van der Waals surface area contributed by atoms with Gasteiger partial charge in [-0.05, 0) is 19.1 Å². The molecule has 68 valence electrons. The number of anilines is 1. The molecule has 0 fully saturated rings. The van der Waals surface area contributed by atoms with Gasteiger partial charge in [0, 0.05) is 10.0 Å². The Morgan fingerprint density at radius 1 is 1.62 bits per heavy atom. The Balaban J connectivity index is 2.98. The summed E-state index contributed by atoms with van der Waals surface area (Å²) in [5, 5.41) is 2.80. The van der Waals surface area contributed by atoms with E-state index in [-0.39, 0.29) is 5.82 Å². The first-order chi connectivity index (χ1) is 6.16. The lowest BCUT2D eigenvalue weighted by atomic mass is 10.2. The molecule has 0 aliphatic carbocycles. The SMILES string of the molecule is C#CCNc1ccc(Br)c(C)c1F. The van der Waals surface area contributed by atoms with E-state index < -0.39 is 0 Å². The van der Waals surface area contributed by atoms with Crippen molar-refractivity contribution in [3.8, 4) is 12.3 Å². The van der Waals surface area contributed by atoms with Crippen LogP contribution < -0.4 is 5.32 Å². The van der Waals surface area contributed by atoms with Gasteiger partial charge in [0.2, 0.25) is 0 Å². The molecule has 0 spiro atoms. The fourth-order valence-electron chi connectivity index (χ4n) is 0.944. The van der Waals surface area contributed by atoms with Gasteiger partial charge < -0.3 is 5.32 Å². The molecule has 0 bridgehead atoms. The van der Waals surface area contributed by atoms with Crippen molar-refractivity contribution in [1.29, 1.82) is 0 Å². The summed E-state index contributed by atoms with van der Waals surface area (Å²) in [5.41, 5.74) is 1.03. The highest BCUT2D eigenvalue weighted by Gasteiger charge is 2.06. The van der Waals surface area contributed by atoms with Crippen molar-refractivity contribution >= 4 is 21.6 Å². The molecular weight excluding hydrogens is 233 g/mol. The molecule has 0 saturated heterocycles. The molecule has 0 radical (unpaired) electrons. The van der Waals surface area contributed by atoms with Crippen LogP contribution in [0.4, 0.5) is 10.1 Å². The third-order valence-electron chi connectivity index (χ3n) is 1.70. The minimum Gasteiger partial charge on any atom is -0.372 e. The van der Waals surface area contributed by atoms with Gasteiger partial charge in [-0.25, -0.2) is 4.39 Å². The zero-order valence-corrected chi connectivity index (χ0v) is 8.78. The predicted octanol–water partition coefficient (Wildman–Crippen LogP) is 2.94. The Morgan fingerprint density at radius 3 is 2.92 bits per heavy atom. The Bertz CT molecular complexity index is 355. The van der Waals surface area contributed by atoms with E-state index in [0.29, 0.717) is 17.8 Å². The first-order valence-corrected chi connectivity index (χ1v) is 4.58. The number of halogens is 2. The molecule has 1 aromatic rings. The summed E-state index contributed by atoms with van der Waals surface area (Å²) in [7, 11) is 0. The summed E-state index contributed by atoms with van der Waals surface area (Å²) in [6, 6.07) is 3.45. The number of nitrogens with one attached hydrogen (secondary N) is 1. The molecule has 1 N–H and O–H groups in total. The standard InChI is InChI=1S/C10H9BrFN/c1-3-6-13-9-5-4-8(11)7(2)10(9)12/h1,4-5,13H,6H2,2H3. The highest BCUT2D eigenvalue weighted by molar-refractivity contribution is 9.10. The molecule has 0 saturated carbocycles. The Morgan fingerprint density at radius 2 is 2.31 bits per heavy atom. The minimum absolute atomic E-state index is 0.260. The second-order valence-corrected chi connectivity index (χ2v) is 3.45. The highest BCUT2D eigenvalue weighted by Crippen LogP contribution is 2.24. The van der Waals surface area contributed by atoms with Crippen molar-refractivity contribution in [2.24, 2.45) is 0 Å². The van der Waals surface area contributed by atoms with Crippen LogP contribution in [-0.2, 0) is 0 Å². The molecule has 1 nitrogen and oxygen atoms in total. The first-order valence-electron chi connectivity index (χ1n) is 3.78. The van der Waals surface area contributed by atoms with Crippen molar-refractivity contribution in [2.75, 3.05) is 11.9 Å². The number of terminal acetylenes is 1. The largest absolute Gasteiger partial charge is 0.372 e. The van der Waals surface area contributed by atoms with Crippen LogP contribution in [0.25, 0.3) is 0 Å². The molecule has 0 aliphatic heterocycles. The molecule has 0 aromatic heterocycles. The lowest BCUT2D eigenvalue weighted by Crippen LogP contribution is -2.02. The monoisotopic (exact) mass is 241 g/mol. The molecule has 3 heteroatoms. The Labute approximate surface area is 85.5 Å². The van der Waals surface area contributed by atoms with E-state index in [4.69, 9.17) is 6.42 Å². The maximum atomic E-state index is 13.4. The highest BCUT2D eigenvalue weighted by atomic mass is 79.9. The molecular formula is C10H9BrFN. The molecule has 1 aromatic carbocycles. The van der Waals surface area contributed by atoms with E-state index in [1.54, 1.807) is 19.1 Å². The Hall–Kier alpha value is -1.01. The second kappa shape index (κ2) is 4.29. The van der Waals surface area contributed by atoms with Gasteiger partial charge in [-0.15, -0.1) is 6.42 Å². The second-order valence-electron chi connectivity index (χ2n) is 2.59. The fraction of sp³-hybridized carbons (Fsp3) is 0.200. The molecule has 0 amide bonds. The lowest BCUT2D eigenvalue weighted by Gasteiger charge is -2.07. The molecule has 0 heterocycles. The van der Waals surface area contributed by atoms with Crippen LogP contribution in [0.3, 0.4) is 0 Å². The van der Waals surface area contributed by atoms with Gasteiger partial charge in [0.25, 0.3) is 0 Å². The van der Waals surface area contributed by atoms with E-state index in [9.17, 15) is 4.39 Å². The third-order valence-corrected chi connectivity index (χ3v) is 2.56. The van der Waals surface area contributed by atoms with E-state index in [1.807, 2.05) is 0 Å². The maximum Gasteiger partial charge on any atom is 0.150 e. The summed E-state index contributed by atoms with van der Waals surface area (Å²) < 4.78 is 14.2. The van der Waals surface area contributed by atoms with E-state index in [2.05, 4.69) is 27.2 Å². The van der Waals surface area contributed by atoms with Crippen molar-refractivity contribution in [1.82, 2.24) is 0 Å². The van der Waals surface area contributed by atoms with E-state index in [1.165, 1.54) is 0 Å². The van der Waals surface area contributed by atoms with Crippen LogP contribution in [0, 0.1) is 25.1 Å². The van der Waals surface area contributed by atoms with E-state index >= 15 is 0 Å². The van der Waals surface area contributed by atoms with Crippen molar-refractivity contribution in [3.05, 3.63) is 28.0 Å². The van der Waals surface area contributed by atoms with Crippen LogP contribution in [0.15, 0.2) is 16.6 Å². The van der Waals surface area contributed by atoms with Crippen LogP contribution in [0.2, 0.25) is 0 Å². The summed E-state index contributed by atoms with van der Waals surface area (Å²) >= 11 is 3.24. The quantitative estimate of drug-likeness (QED) is 0.786. The average molecular weight is 242 g/mol. The average Bonchev–Trinajstić information content (AvgIpc) is 2.13. The maximum absolute atomic E-state index is 13.4. The molecule has 0 unspecified atom stereocenters. The summed E-state index contributed by atoms with van der Waals surface area (Å²) in [6.45, 7) is 2.04.